The van der Waals surface area contributed by atoms with Crippen LogP contribution < -0.4 is 0 Å². The zero-order chi connectivity index (χ0) is 15.2. The van der Waals surface area contributed by atoms with E-state index in [0.717, 1.165) is 0 Å². The Bertz CT molecular complexity index is 558. The first-order valence-electron chi connectivity index (χ1n) is 6.30. The second-order valence-electron chi connectivity index (χ2n) is 4.39. The number of thiol groups is 2. The average molecular weight is 318 g/mol. The van der Waals surface area contributed by atoms with Gasteiger partial charge in [-0.25, -0.2) is 0 Å². The van der Waals surface area contributed by atoms with Crippen molar-refractivity contribution in [3.05, 3.63) is 71.8 Å². The molecular formula is C16H14O3S2. The minimum Gasteiger partial charge on any atom is -0.348 e. The molecule has 2 aromatic carbocycles. The Labute approximate surface area is 134 Å². The molecule has 2 aromatic rings. The van der Waals surface area contributed by atoms with Crippen molar-refractivity contribution in [2.24, 2.45) is 0 Å². The molecule has 2 unspecified atom stereocenters. The van der Waals surface area contributed by atoms with Gasteiger partial charge in [0.15, 0.2) is 12.2 Å². The molecule has 0 heterocycles. The van der Waals surface area contributed by atoms with Crippen LogP contribution in [0.4, 0.5) is 0 Å². The summed E-state index contributed by atoms with van der Waals surface area (Å²) in [6, 6.07) is 17.9. The quantitative estimate of drug-likeness (QED) is 0.802. The molecule has 0 aliphatic rings. The summed E-state index contributed by atoms with van der Waals surface area (Å²) in [5.74, 6) is 0. The summed E-state index contributed by atoms with van der Waals surface area (Å²) < 4.78 is 5.69. The van der Waals surface area contributed by atoms with E-state index in [0.29, 0.717) is 11.1 Å². The standard InChI is InChI=1S/C16H14O3S2/c17-15(20)13(11-7-3-1-4-8-11)19-14(16(18)21)12-9-5-2-6-10-12/h1-10,13-14H,(H,17,20)(H,18,21). The van der Waals surface area contributed by atoms with Crippen molar-refractivity contribution < 1.29 is 14.3 Å². The van der Waals surface area contributed by atoms with Crippen LogP contribution in [0.15, 0.2) is 60.7 Å². The molecule has 0 aliphatic carbocycles. The van der Waals surface area contributed by atoms with Gasteiger partial charge in [0.2, 0.25) is 10.2 Å². The number of carbonyl (C=O) groups is 2. The van der Waals surface area contributed by atoms with Gasteiger partial charge < -0.3 is 4.74 Å². The lowest BCUT2D eigenvalue weighted by molar-refractivity contribution is -0.134. The highest BCUT2D eigenvalue weighted by Gasteiger charge is 2.27. The Balaban J connectivity index is 2.30. The number of rotatable bonds is 6. The molecule has 0 bridgehead atoms. The van der Waals surface area contributed by atoms with Gasteiger partial charge in [0, 0.05) is 0 Å². The van der Waals surface area contributed by atoms with Crippen LogP contribution in [-0.4, -0.2) is 10.2 Å². The molecule has 0 amide bonds. The Hall–Kier alpha value is -1.56. The largest absolute Gasteiger partial charge is 0.348 e. The Morgan fingerprint density at radius 1 is 0.714 bits per heavy atom. The lowest BCUT2D eigenvalue weighted by Gasteiger charge is -2.21. The normalized spacial score (nSPS) is 13.4. The molecule has 0 N–H and O–H groups in total. The van der Waals surface area contributed by atoms with Gasteiger partial charge >= 0.3 is 0 Å². The topological polar surface area (TPSA) is 43.4 Å². The van der Waals surface area contributed by atoms with Crippen LogP contribution in [0.1, 0.15) is 23.3 Å². The van der Waals surface area contributed by atoms with Gasteiger partial charge in [0.25, 0.3) is 0 Å². The molecule has 0 radical (unpaired) electrons. The molecule has 0 saturated carbocycles. The van der Waals surface area contributed by atoms with E-state index >= 15 is 0 Å². The zero-order valence-electron chi connectivity index (χ0n) is 11.0. The molecule has 0 aromatic heterocycles. The van der Waals surface area contributed by atoms with E-state index in [1.807, 2.05) is 12.1 Å². The summed E-state index contributed by atoms with van der Waals surface area (Å²) in [4.78, 5) is 23.5. The van der Waals surface area contributed by atoms with Crippen LogP contribution in [0.2, 0.25) is 0 Å². The van der Waals surface area contributed by atoms with Crippen LogP contribution in [0.5, 0.6) is 0 Å². The zero-order valence-corrected chi connectivity index (χ0v) is 12.8. The molecule has 0 aliphatic heterocycles. The van der Waals surface area contributed by atoms with Crippen LogP contribution in [-0.2, 0) is 14.3 Å². The lowest BCUT2D eigenvalue weighted by Crippen LogP contribution is -2.19. The Kier molecular flexibility index (Phi) is 5.61. The van der Waals surface area contributed by atoms with Gasteiger partial charge in [-0.1, -0.05) is 60.7 Å². The fourth-order valence-corrected chi connectivity index (χ4v) is 2.37. The van der Waals surface area contributed by atoms with Gasteiger partial charge in [-0.05, 0) is 11.1 Å². The predicted molar refractivity (Wildman–Crippen MR) is 87.4 cm³/mol. The number of hydrogen-bond donors (Lipinski definition) is 2. The fourth-order valence-electron chi connectivity index (χ4n) is 1.95. The molecule has 2 rings (SSSR count). The highest BCUT2D eigenvalue weighted by molar-refractivity contribution is 7.97. The average Bonchev–Trinajstić information content (AvgIpc) is 2.49. The second-order valence-corrected chi connectivity index (χ2v) is 5.28. The Morgan fingerprint density at radius 2 is 1.05 bits per heavy atom. The summed E-state index contributed by atoms with van der Waals surface area (Å²) >= 11 is 7.72. The van der Waals surface area contributed by atoms with Crippen LogP contribution in [0.25, 0.3) is 0 Å². The maximum atomic E-state index is 11.7. The van der Waals surface area contributed by atoms with Crippen molar-refractivity contribution in [2.75, 3.05) is 0 Å². The molecule has 108 valence electrons. The van der Waals surface area contributed by atoms with Crippen molar-refractivity contribution >= 4 is 35.5 Å². The molecule has 21 heavy (non-hydrogen) atoms. The SMILES string of the molecule is O=C(S)C(OC(C(=O)S)c1ccccc1)c1ccccc1. The minimum absolute atomic E-state index is 0.461. The van der Waals surface area contributed by atoms with Crippen LogP contribution >= 0.6 is 25.3 Å². The van der Waals surface area contributed by atoms with E-state index in [-0.39, 0.29) is 0 Å². The van der Waals surface area contributed by atoms with E-state index in [4.69, 9.17) is 4.74 Å². The van der Waals surface area contributed by atoms with Gasteiger partial charge in [0.1, 0.15) is 0 Å². The third-order valence-electron chi connectivity index (χ3n) is 2.93. The van der Waals surface area contributed by atoms with Crippen LogP contribution in [0.3, 0.4) is 0 Å². The molecule has 2 atom stereocenters. The number of benzene rings is 2. The number of ether oxygens (including phenoxy) is 1. The molecule has 0 saturated heterocycles. The first kappa shape index (κ1) is 15.8. The maximum absolute atomic E-state index is 11.7. The minimum atomic E-state index is -0.921. The van der Waals surface area contributed by atoms with E-state index in [9.17, 15) is 9.59 Å². The summed E-state index contributed by atoms with van der Waals surface area (Å²) in [5, 5.41) is -0.923. The highest BCUT2D eigenvalue weighted by Crippen LogP contribution is 2.29. The van der Waals surface area contributed by atoms with Gasteiger partial charge in [-0.3, -0.25) is 9.59 Å². The Morgan fingerprint density at radius 3 is 1.33 bits per heavy atom. The third kappa shape index (κ3) is 4.20. The number of carbonyl (C=O) groups excluding carboxylic acids is 2. The van der Waals surface area contributed by atoms with Crippen molar-refractivity contribution in [3.63, 3.8) is 0 Å². The monoisotopic (exact) mass is 318 g/mol. The smallest absolute Gasteiger partial charge is 0.219 e. The molecule has 0 spiro atoms. The molecule has 3 nitrogen and oxygen atoms in total. The summed E-state index contributed by atoms with van der Waals surface area (Å²) in [6.45, 7) is 0. The highest BCUT2D eigenvalue weighted by atomic mass is 32.1. The van der Waals surface area contributed by atoms with Crippen molar-refractivity contribution in [2.45, 2.75) is 12.2 Å². The second kappa shape index (κ2) is 7.45. The van der Waals surface area contributed by atoms with Gasteiger partial charge in [0.05, 0.1) is 0 Å². The summed E-state index contributed by atoms with van der Waals surface area (Å²) in [5.41, 5.74) is 1.29. The first-order valence-corrected chi connectivity index (χ1v) is 7.20. The predicted octanol–water partition coefficient (Wildman–Crippen LogP) is 3.40. The third-order valence-corrected chi connectivity index (χ3v) is 3.39. The molecule has 0 fully saturated rings. The molecular weight excluding hydrogens is 304 g/mol. The van der Waals surface area contributed by atoms with Crippen molar-refractivity contribution in [3.8, 4) is 0 Å². The van der Waals surface area contributed by atoms with Crippen LogP contribution in [0, 0.1) is 0 Å². The van der Waals surface area contributed by atoms with E-state index < -0.39 is 22.4 Å². The van der Waals surface area contributed by atoms with Crippen molar-refractivity contribution in [1.29, 1.82) is 0 Å². The summed E-state index contributed by atoms with van der Waals surface area (Å²) in [6.07, 6.45) is -1.84. The van der Waals surface area contributed by atoms with Gasteiger partial charge in [-0.15, -0.1) is 25.3 Å². The van der Waals surface area contributed by atoms with E-state index in [1.54, 1.807) is 48.5 Å². The van der Waals surface area contributed by atoms with Gasteiger partial charge in [-0.2, -0.15) is 0 Å². The van der Waals surface area contributed by atoms with E-state index in [2.05, 4.69) is 25.3 Å². The molecule has 5 heteroatoms. The first-order chi connectivity index (χ1) is 10.1. The van der Waals surface area contributed by atoms with E-state index in [1.165, 1.54) is 0 Å². The maximum Gasteiger partial charge on any atom is 0.219 e. The lowest BCUT2D eigenvalue weighted by atomic mass is 10.1. The fraction of sp³-hybridized carbons (Fsp3) is 0.125. The van der Waals surface area contributed by atoms with Crippen molar-refractivity contribution in [1.82, 2.24) is 0 Å². The number of hydrogen-bond acceptors (Lipinski definition) is 3. The summed E-state index contributed by atoms with van der Waals surface area (Å²) in [7, 11) is 0.